The van der Waals surface area contributed by atoms with Crippen LogP contribution in [0.3, 0.4) is 0 Å². The Morgan fingerprint density at radius 1 is 1.00 bits per heavy atom. The first-order chi connectivity index (χ1) is 14.3. The van der Waals surface area contributed by atoms with E-state index in [4.69, 9.17) is 0 Å². The minimum atomic E-state index is -5.03. The summed E-state index contributed by atoms with van der Waals surface area (Å²) in [4.78, 5) is 26.2. The van der Waals surface area contributed by atoms with Crippen LogP contribution in [-0.4, -0.2) is 29.1 Å². The van der Waals surface area contributed by atoms with Crippen molar-refractivity contribution in [2.75, 3.05) is 11.4 Å². The van der Waals surface area contributed by atoms with Crippen LogP contribution in [0.1, 0.15) is 23.1 Å². The molecule has 0 aliphatic carbocycles. The van der Waals surface area contributed by atoms with Crippen LogP contribution >= 0.6 is 0 Å². The van der Waals surface area contributed by atoms with E-state index in [9.17, 15) is 41.0 Å². The minimum Gasteiger partial charge on any atom is -0.372 e. The lowest BCUT2D eigenvalue weighted by atomic mass is 10.0. The van der Waals surface area contributed by atoms with Crippen molar-refractivity contribution in [3.63, 3.8) is 0 Å². The van der Waals surface area contributed by atoms with Crippen LogP contribution in [0.4, 0.5) is 32.0 Å². The number of hydrogen-bond donors (Lipinski definition) is 2. The van der Waals surface area contributed by atoms with Gasteiger partial charge in [-0.1, -0.05) is 18.2 Å². The molecule has 0 bridgehead atoms. The van der Waals surface area contributed by atoms with E-state index in [1.165, 1.54) is 4.90 Å². The van der Waals surface area contributed by atoms with Crippen molar-refractivity contribution in [2.24, 2.45) is 0 Å². The molecule has 1 fully saturated rings. The van der Waals surface area contributed by atoms with Crippen molar-refractivity contribution in [1.82, 2.24) is 5.32 Å². The molecule has 3 rings (SSSR count). The van der Waals surface area contributed by atoms with Gasteiger partial charge in [0, 0.05) is 25.2 Å². The first-order valence-corrected chi connectivity index (χ1v) is 8.98. The number of anilines is 1. The molecule has 2 aromatic carbocycles. The number of para-hydroxylation sites is 1. The zero-order chi connectivity index (χ0) is 23.0. The summed E-state index contributed by atoms with van der Waals surface area (Å²) in [5, 5.41) is 12.6. The van der Waals surface area contributed by atoms with Gasteiger partial charge in [0.25, 0.3) is 11.8 Å². The van der Waals surface area contributed by atoms with Gasteiger partial charge in [0.1, 0.15) is 0 Å². The first-order valence-electron chi connectivity index (χ1n) is 8.98. The van der Waals surface area contributed by atoms with Gasteiger partial charge in [0.15, 0.2) is 0 Å². The number of carbonyl (C=O) groups is 2. The smallest absolute Gasteiger partial charge is 0.372 e. The van der Waals surface area contributed by atoms with E-state index in [0.717, 1.165) is 0 Å². The number of nitrogens with one attached hydrogen (secondary N) is 1. The summed E-state index contributed by atoms with van der Waals surface area (Å²) >= 11 is 0. The van der Waals surface area contributed by atoms with Crippen molar-refractivity contribution in [2.45, 2.75) is 30.9 Å². The lowest BCUT2D eigenvalue weighted by Gasteiger charge is -2.22. The van der Waals surface area contributed by atoms with Crippen LogP contribution in [-0.2, 0) is 28.5 Å². The third-order valence-corrected chi connectivity index (χ3v) is 4.84. The maximum Gasteiger partial charge on any atom is 0.416 e. The maximum atomic E-state index is 13.0. The van der Waals surface area contributed by atoms with Crippen LogP contribution in [0.25, 0.3) is 0 Å². The van der Waals surface area contributed by atoms with Gasteiger partial charge in [0.05, 0.1) is 11.1 Å². The highest BCUT2D eigenvalue weighted by atomic mass is 19.4. The molecule has 0 aromatic heterocycles. The lowest BCUT2D eigenvalue weighted by molar-refractivity contribution is -0.149. The Bertz CT molecular complexity index is 958. The van der Waals surface area contributed by atoms with E-state index < -0.39 is 53.0 Å². The van der Waals surface area contributed by atoms with Gasteiger partial charge < -0.3 is 15.3 Å². The second-order valence-electron chi connectivity index (χ2n) is 7.00. The third-order valence-electron chi connectivity index (χ3n) is 4.84. The van der Waals surface area contributed by atoms with E-state index in [-0.39, 0.29) is 19.0 Å². The molecule has 1 aliphatic rings. The van der Waals surface area contributed by atoms with Crippen LogP contribution < -0.4 is 10.2 Å². The molecule has 11 heteroatoms. The number of benzene rings is 2. The fourth-order valence-electron chi connectivity index (χ4n) is 3.22. The number of rotatable bonds is 4. The molecule has 2 N–H and O–H groups in total. The highest BCUT2D eigenvalue weighted by Crippen LogP contribution is 2.36. The van der Waals surface area contributed by atoms with E-state index in [2.05, 4.69) is 5.32 Å². The highest BCUT2D eigenvalue weighted by molar-refractivity contribution is 6.16. The van der Waals surface area contributed by atoms with Gasteiger partial charge in [-0.3, -0.25) is 9.59 Å². The predicted molar refractivity (Wildman–Crippen MR) is 96.7 cm³/mol. The summed E-state index contributed by atoms with van der Waals surface area (Å²) < 4.78 is 77.7. The summed E-state index contributed by atoms with van der Waals surface area (Å²) in [6.45, 7) is -0.735. The van der Waals surface area contributed by atoms with Gasteiger partial charge in [-0.05, 0) is 35.9 Å². The Morgan fingerprint density at radius 3 is 2.06 bits per heavy atom. The molecule has 1 atom stereocenters. The van der Waals surface area contributed by atoms with Crippen LogP contribution in [0, 0.1) is 0 Å². The summed E-state index contributed by atoms with van der Waals surface area (Å²) in [7, 11) is 0. The fraction of sp³-hybridized carbons (Fsp3) is 0.300. The number of amides is 2. The number of aliphatic hydroxyl groups is 1. The van der Waals surface area contributed by atoms with Crippen LogP contribution in [0.2, 0.25) is 0 Å². The predicted octanol–water partition coefficient (Wildman–Crippen LogP) is 3.51. The molecule has 0 saturated carbocycles. The van der Waals surface area contributed by atoms with Gasteiger partial charge in [-0.2, -0.15) is 26.3 Å². The molecule has 1 saturated heterocycles. The molecular weight excluding hydrogens is 430 g/mol. The maximum absolute atomic E-state index is 13.0. The summed E-state index contributed by atoms with van der Waals surface area (Å²) in [6, 6.07) is 9.06. The zero-order valence-corrected chi connectivity index (χ0v) is 15.7. The summed E-state index contributed by atoms with van der Waals surface area (Å²) in [5.41, 5.74) is -5.59. The average molecular weight is 446 g/mol. The summed E-state index contributed by atoms with van der Waals surface area (Å²) in [6.07, 6.45) is -10.4. The average Bonchev–Trinajstić information content (AvgIpc) is 3.01. The Kier molecular flexibility index (Phi) is 5.74. The number of nitrogens with zero attached hydrogens (tertiary/aromatic N) is 1. The molecule has 5 nitrogen and oxygen atoms in total. The Balaban J connectivity index is 1.78. The van der Waals surface area contributed by atoms with Gasteiger partial charge >= 0.3 is 12.4 Å². The topological polar surface area (TPSA) is 69.6 Å². The SMILES string of the molecule is O=C(NCc1cc(C(F)(F)F)cc(C(F)(F)F)c1)[C@@]1(O)CCN(c2ccccc2)C1=O. The second kappa shape index (κ2) is 7.88. The second-order valence-corrected chi connectivity index (χ2v) is 7.00. The quantitative estimate of drug-likeness (QED) is 0.558. The molecule has 31 heavy (non-hydrogen) atoms. The molecule has 0 spiro atoms. The molecule has 0 unspecified atom stereocenters. The normalized spacial score (nSPS) is 19.6. The molecule has 2 aromatic rings. The fourth-order valence-corrected chi connectivity index (χ4v) is 3.22. The summed E-state index contributed by atoms with van der Waals surface area (Å²) in [5.74, 6) is -2.14. The molecule has 166 valence electrons. The molecule has 0 radical (unpaired) electrons. The Morgan fingerprint density at radius 2 is 1.55 bits per heavy atom. The van der Waals surface area contributed by atoms with Crippen molar-refractivity contribution in [3.05, 3.63) is 65.2 Å². The van der Waals surface area contributed by atoms with Crippen molar-refractivity contribution in [1.29, 1.82) is 0 Å². The van der Waals surface area contributed by atoms with E-state index in [1.54, 1.807) is 30.3 Å². The highest BCUT2D eigenvalue weighted by Gasteiger charge is 2.51. The Hall–Kier alpha value is -3.08. The zero-order valence-electron chi connectivity index (χ0n) is 15.7. The first kappa shape index (κ1) is 22.6. The van der Waals surface area contributed by atoms with E-state index in [0.29, 0.717) is 17.8 Å². The molecule has 1 heterocycles. The third kappa shape index (κ3) is 4.66. The van der Waals surface area contributed by atoms with Crippen molar-refractivity contribution in [3.8, 4) is 0 Å². The van der Waals surface area contributed by atoms with Crippen molar-refractivity contribution >= 4 is 17.5 Å². The van der Waals surface area contributed by atoms with Gasteiger partial charge in [-0.15, -0.1) is 0 Å². The monoisotopic (exact) mass is 446 g/mol. The van der Waals surface area contributed by atoms with E-state index >= 15 is 0 Å². The molecule has 2 amide bonds. The largest absolute Gasteiger partial charge is 0.416 e. The minimum absolute atomic E-state index is 0.00848. The van der Waals surface area contributed by atoms with Gasteiger partial charge in [0.2, 0.25) is 5.60 Å². The number of carbonyl (C=O) groups excluding carboxylic acids is 2. The van der Waals surface area contributed by atoms with Crippen LogP contribution in [0.15, 0.2) is 48.5 Å². The lowest BCUT2D eigenvalue weighted by Crippen LogP contribution is -2.52. The standard InChI is InChI=1S/C20H16F6N2O3/c21-19(22,23)13-8-12(9-14(10-13)20(24,25)26)11-27-16(29)18(31)6-7-28(17(18)30)15-4-2-1-3-5-15/h1-5,8-10,31H,6-7,11H2,(H,27,29)/t18-/m0/s1. The number of alkyl halides is 6. The van der Waals surface area contributed by atoms with Gasteiger partial charge in [-0.25, -0.2) is 0 Å². The number of hydrogen-bond acceptors (Lipinski definition) is 3. The molecular formula is C20H16F6N2O3. The Labute approximate surface area is 172 Å². The number of halogens is 6. The van der Waals surface area contributed by atoms with Crippen molar-refractivity contribution < 1.29 is 41.0 Å². The van der Waals surface area contributed by atoms with Crippen LogP contribution in [0.5, 0.6) is 0 Å². The molecule has 1 aliphatic heterocycles. The van der Waals surface area contributed by atoms with E-state index in [1.807, 2.05) is 0 Å².